The lowest BCUT2D eigenvalue weighted by atomic mass is 10.2. The Morgan fingerprint density at radius 3 is 2.77 bits per heavy atom. The van der Waals surface area contributed by atoms with Crippen molar-refractivity contribution in [1.29, 1.82) is 5.26 Å². The topological polar surface area (TPSA) is 87.8 Å². The van der Waals surface area contributed by atoms with Crippen LogP contribution in [0.3, 0.4) is 0 Å². The third-order valence-corrected chi connectivity index (χ3v) is 4.39. The number of pyridine rings is 1. The molecule has 0 amide bonds. The van der Waals surface area contributed by atoms with Crippen molar-refractivity contribution in [2.45, 2.75) is 6.29 Å². The highest BCUT2D eigenvalue weighted by Crippen LogP contribution is 2.34. The van der Waals surface area contributed by atoms with E-state index in [9.17, 15) is 5.26 Å². The zero-order valence-electron chi connectivity index (χ0n) is 13.9. The van der Waals surface area contributed by atoms with E-state index in [1.54, 1.807) is 36.2 Å². The zero-order valence-corrected chi connectivity index (χ0v) is 15.5. The molecule has 134 valence electrons. The minimum absolute atomic E-state index is 0.0420. The van der Waals surface area contributed by atoms with Gasteiger partial charge >= 0.3 is 0 Å². The van der Waals surface area contributed by atoms with Gasteiger partial charge in [-0.2, -0.15) is 10.2 Å². The summed E-state index contributed by atoms with van der Waals surface area (Å²) in [6.07, 6.45) is 2.43. The second-order valence-electron chi connectivity index (χ2n) is 5.44. The average Bonchev–Trinajstić information content (AvgIpc) is 3.18. The fourth-order valence-electron chi connectivity index (χ4n) is 2.39. The van der Waals surface area contributed by atoms with Gasteiger partial charge in [0.05, 0.1) is 17.7 Å². The number of aromatic nitrogens is 1. The van der Waals surface area contributed by atoms with E-state index < -0.39 is 6.29 Å². The first-order chi connectivity index (χ1) is 12.6. The molecule has 7 nitrogen and oxygen atoms in total. The van der Waals surface area contributed by atoms with E-state index >= 15 is 0 Å². The molecule has 26 heavy (non-hydrogen) atoms. The molecule has 0 fully saturated rings. The highest BCUT2D eigenvalue weighted by Gasteiger charge is 2.20. The lowest BCUT2D eigenvalue weighted by molar-refractivity contribution is -0.0252. The van der Waals surface area contributed by atoms with Crippen LogP contribution in [0.2, 0.25) is 0 Å². The highest BCUT2D eigenvalue weighted by atomic mass is 79.9. The standard InChI is InChI=1S/C18H16BrN3O4/c1-22(6-7-23)17-12(11-20)2-5-16(21-17)26-13-3-4-15(19)14(10-13)18-24-8-9-25-18/h2-5,8-10,18,23H,6-7H2,1H3. The van der Waals surface area contributed by atoms with Crippen molar-refractivity contribution in [3.8, 4) is 17.7 Å². The molecule has 3 rings (SSSR count). The minimum atomic E-state index is -0.534. The Hall–Kier alpha value is -2.76. The van der Waals surface area contributed by atoms with Crippen LogP contribution in [0.5, 0.6) is 11.6 Å². The monoisotopic (exact) mass is 417 g/mol. The molecule has 0 radical (unpaired) electrons. The van der Waals surface area contributed by atoms with Crippen molar-refractivity contribution in [1.82, 2.24) is 4.98 Å². The molecule has 0 bridgehead atoms. The van der Waals surface area contributed by atoms with Gasteiger partial charge in [0, 0.05) is 24.1 Å². The van der Waals surface area contributed by atoms with E-state index in [4.69, 9.17) is 19.3 Å². The third-order valence-electron chi connectivity index (χ3n) is 3.67. The van der Waals surface area contributed by atoms with E-state index in [1.807, 2.05) is 6.07 Å². The Balaban J connectivity index is 1.86. The van der Waals surface area contributed by atoms with Gasteiger partial charge in [0.25, 0.3) is 6.29 Å². The molecule has 0 atom stereocenters. The summed E-state index contributed by atoms with van der Waals surface area (Å²) in [7, 11) is 1.75. The van der Waals surface area contributed by atoms with Crippen LogP contribution in [-0.2, 0) is 9.47 Å². The maximum absolute atomic E-state index is 9.25. The minimum Gasteiger partial charge on any atom is -0.455 e. The number of hydrogen-bond acceptors (Lipinski definition) is 7. The third kappa shape index (κ3) is 3.90. The number of ether oxygens (including phenoxy) is 3. The molecule has 2 heterocycles. The Morgan fingerprint density at radius 2 is 2.08 bits per heavy atom. The molecule has 0 aliphatic carbocycles. The molecule has 2 aromatic rings. The van der Waals surface area contributed by atoms with Gasteiger partial charge in [0.2, 0.25) is 5.88 Å². The maximum atomic E-state index is 9.25. The molecule has 1 N–H and O–H groups in total. The van der Waals surface area contributed by atoms with Crippen LogP contribution in [0.1, 0.15) is 17.4 Å². The van der Waals surface area contributed by atoms with Crippen molar-refractivity contribution in [2.75, 3.05) is 25.1 Å². The normalized spacial score (nSPS) is 13.0. The van der Waals surface area contributed by atoms with E-state index in [0.717, 1.165) is 10.0 Å². The zero-order chi connectivity index (χ0) is 18.5. The second kappa shape index (κ2) is 8.08. The summed E-state index contributed by atoms with van der Waals surface area (Å²) in [6.45, 7) is 0.316. The van der Waals surface area contributed by atoms with Crippen LogP contribution in [-0.4, -0.2) is 30.3 Å². The van der Waals surface area contributed by atoms with E-state index in [0.29, 0.717) is 29.6 Å². The number of anilines is 1. The number of halogens is 1. The molecule has 0 spiro atoms. The number of likely N-dealkylation sites (N-methyl/N-ethyl adjacent to an activating group) is 1. The lowest BCUT2D eigenvalue weighted by Crippen LogP contribution is -2.23. The lowest BCUT2D eigenvalue weighted by Gasteiger charge is -2.19. The Kier molecular flexibility index (Phi) is 5.61. The predicted molar refractivity (Wildman–Crippen MR) is 97.6 cm³/mol. The fourth-order valence-corrected chi connectivity index (χ4v) is 2.83. The maximum Gasteiger partial charge on any atom is 0.267 e. The van der Waals surface area contributed by atoms with Gasteiger partial charge in [-0.05, 0) is 24.3 Å². The first-order valence-electron chi connectivity index (χ1n) is 7.78. The number of rotatable bonds is 6. The molecule has 8 heteroatoms. The van der Waals surface area contributed by atoms with Gasteiger partial charge < -0.3 is 24.2 Å². The number of benzene rings is 1. The van der Waals surface area contributed by atoms with Crippen molar-refractivity contribution >= 4 is 21.7 Å². The quantitative estimate of drug-likeness (QED) is 0.769. The van der Waals surface area contributed by atoms with Gasteiger partial charge in [-0.25, -0.2) is 0 Å². The summed E-state index contributed by atoms with van der Waals surface area (Å²) in [6, 6.07) is 10.8. The molecular formula is C18H16BrN3O4. The molecule has 1 aromatic carbocycles. The molecule has 1 aliphatic heterocycles. The number of nitrogens with zero attached hydrogens (tertiary/aromatic N) is 3. The summed E-state index contributed by atoms with van der Waals surface area (Å²) in [5, 5.41) is 18.4. The summed E-state index contributed by atoms with van der Waals surface area (Å²) in [5.41, 5.74) is 1.18. The predicted octanol–water partition coefficient (Wildman–Crippen LogP) is 3.45. The first kappa shape index (κ1) is 18.0. The smallest absolute Gasteiger partial charge is 0.267 e. The summed E-state index contributed by atoms with van der Waals surface area (Å²) in [4.78, 5) is 6.09. The van der Waals surface area contributed by atoms with Crippen LogP contribution in [0.4, 0.5) is 5.82 Å². The SMILES string of the molecule is CN(CCO)c1nc(Oc2ccc(Br)c(C3OC=CO3)c2)ccc1C#N. The highest BCUT2D eigenvalue weighted by molar-refractivity contribution is 9.10. The number of nitriles is 1. The van der Waals surface area contributed by atoms with Crippen molar-refractivity contribution in [3.05, 3.63) is 58.5 Å². The van der Waals surface area contributed by atoms with Crippen LogP contribution in [0, 0.1) is 11.3 Å². The number of hydrogen-bond donors (Lipinski definition) is 1. The van der Waals surface area contributed by atoms with Crippen molar-refractivity contribution in [3.63, 3.8) is 0 Å². The summed E-state index contributed by atoms with van der Waals surface area (Å²) >= 11 is 3.47. The molecule has 0 saturated heterocycles. The van der Waals surface area contributed by atoms with Crippen molar-refractivity contribution < 1.29 is 19.3 Å². The van der Waals surface area contributed by atoms with Crippen molar-refractivity contribution in [2.24, 2.45) is 0 Å². The number of aliphatic hydroxyl groups excluding tert-OH is 1. The van der Waals surface area contributed by atoms with Crippen LogP contribution < -0.4 is 9.64 Å². The van der Waals surface area contributed by atoms with Crippen LogP contribution in [0.25, 0.3) is 0 Å². The number of aliphatic hydroxyl groups is 1. The summed E-state index contributed by atoms with van der Waals surface area (Å²) in [5.74, 6) is 1.33. The van der Waals surface area contributed by atoms with E-state index in [1.165, 1.54) is 12.5 Å². The van der Waals surface area contributed by atoms with Gasteiger partial charge in [0.1, 0.15) is 30.2 Å². The Morgan fingerprint density at radius 1 is 1.31 bits per heavy atom. The largest absolute Gasteiger partial charge is 0.455 e. The van der Waals surface area contributed by atoms with E-state index in [2.05, 4.69) is 27.0 Å². The fraction of sp³-hybridized carbons (Fsp3) is 0.222. The Labute approximate surface area is 159 Å². The summed E-state index contributed by atoms with van der Waals surface area (Å²) < 4.78 is 17.4. The molecule has 1 aliphatic rings. The average molecular weight is 418 g/mol. The van der Waals surface area contributed by atoms with Gasteiger partial charge in [-0.1, -0.05) is 15.9 Å². The molecule has 1 aromatic heterocycles. The van der Waals surface area contributed by atoms with Crippen LogP contribution in [0.15, 0.2) is 47.3 Å². The van der Waals surface area contributed by atoms with Gasteiger partial charge in [0.15, 0.2) is 0 Å². The van der Waals surface area contributed by atoms with Gasteiger partial charge in [-0.15, -0.1) is 0 Å². The molecular weight excluding hydrogens is 402 g/mol. The Bertz CT molecular complexity index is 858. The van der Waals surface area contributed by atoms with E-state index in [-0.39, 0.29) is 6.61 Å². The van der Waals surface area contributed by atoms with Crippen LogP contribution >= 0.6 is 15.9 Å². The van der Waals surface area contributed by atoms with Gasteiger partial charge in [-0.3, -0.25) is 0 Å². The second-order valence-corrected chi connectivity index (χ2v) is 6.29. The molecule has 0 unspecified atom stereocenters. The molecule has 0 saturated carbocycles. The first-order valence-corrected chi connectivity index (χ1v) is 8.58.